The van der Waals surface area contributed by atoms with E-state index in [9.17, 15) is 4.79 Å². The van der Waals surface area contributed by atoms with E-state index in [4.69, 9.17) is 10.1 Å². The molecule has 0 unspecified atom stereocenters. The fourth-order valence-electron chi connectivity index (χ4n) is 3.06. The predicted octanol–water partition coefficient (Wildman–Crippen LogP) is 2.97. The van der Waals surface area contributed by atoms with Crippen molar-refractivity contribution in [3.63, 3.8) is 0 Å². The molecule has 0 bridgehead atoms. The average molecular weight is 351 g/mol. The van der Waals surface area contributed by atoms with Crippen LogP contribution in [0.25, 0.3) is 16.9 Å². The third kappa shape index (κ3) is 3.63. The highest BCUT2D eigenvalue weighted by Crippen LogP contribution is 2.27. The highest BCUT2D eigenvalue weighted by Gasteiger charge is 2.18. The zero-order valence-electron chi connectivity index (χ0n) is 15.5. The lowest BCUT2D eigenvalue weighted by molar-refractivity contribution is -0.120. The third-order valence-corrected chi connectivity index (χ3v) is 4.71. The molecule has 3 aromatic rings. The Kier molecular flexibility index (Phi) is 5.38. The summed E-state index contributed by atoms with van der Waals surface area (Å²) in [5, 5.41) is 11.7. The third-order valence-electron chi connectivity index (χ3n) is 4.71. The van der Waals surface area contributed by atoms with Crippen LogP contribution < -0.4 is 5.32 Å². The molecule has 1 aromatic carbocycles. The van der Waals surface area contributed by atoms with Gasteiger partial charge in [-0.15, -0.1) is 0 Å². The number of imidazole rings is 1. The van der Waals surface area contributed by atoms with Gasteiger partial charge in [-0.05, 0) is 56.0 Å². The number of amides is 1. The van der Waals surface area contributed by atoms with Crippen molar-refractivity contribution >= 4 is 11.6 Å². The van der Waals surface area contributed by atoms with E-state index in [1.807, 2.05) is 29.7 Å². The summed E-state index contributed by atoms with van der Waals surface area (Å²) in [5.41, 5.74) is 7.14. The number of carbonyl (C=O) groups excluding carboxylic acids is 1. The van der Waals surface area contributed by atoms with Gasteiger partial charge < -0.3 is 14.8 Å². The molecular weight excluding hydrogens is 326 g/mol. The van der Waals surface area contributed by atoms with Crippen LogP contribution in [-0.4, -0.2) is 33.6 Å². The normalized spacial score (nSPS) is 11.1. The number of hydrogen-bond acceptors (Lipinski definition) is 3. The van der Waals surface area contributed by atoms with Crippen LogP contribution in [0.2, 0.25) is 0 Å². The first kappa shape index (κ1) is 18.1. The summed E-state index contributed by atoms with van der Waals surface area (Å²) >= 11 is 0. The molecule has 5 nitrogen and oxygen atoms in total. The molecule has 0 aliphatic rings. The van der Waals surface area contributed by atoms with Crippen molar-refractivity contribution < 1.29 is 9.90 Å². The van der Waals surface area contributed by atoms with Gasteiger partial charge in [0, 0.05) is 24.9 Å². The number of rotatable bonds is 6. The van der Waals surface area contributed by atoms with Gasteiger partial charge in [-0.2, -0.15) is 0 Å². The summed E-state index contributed by atoms with van der Waals surface area (Å²) in [6.07, 6.45) is 2.76. The summed E-state index contributed by atoms with van der Waals surface area (Å²) in [5.74, 6) is -0.0631. The first-order chi connectivity index (χ1) is 12.5. The maximum atomic E-state index is 12.4. The van der Waals surface area contributed by atoms with Gasteiger partial charge >= 0.3 is 0 Å². The maximum Gasteiger partial charge on any atom is 0.226 e. The number of nitrogens with zero attached hydrogens (tertiary/aromatic N) is 2. The van der Waals surface area contributed by atoms with E-state index in [2.05, 4.69) is 37.4 Å². The monoisotopic (exact) mass is 351 g/mol. The minimum Gasteiger partial charge on any atom is -0.396 e. The largest absolute Gasteiger partial charge is 0.396 e. The Morgan fingerprint density at radius 2 is 1.96 bits per heavy atom. The number of fused-ring (bicyclic) bond motifs is 1. The lowest BCUT2D eigenvalue weighted by atomic mass is 10.0. The zero-order chi connectivity index (χ0) is 18.7. The molecule has 3 rings (SSSR count). The summed E-state index contributed by atoms with van der Waals surface area (Å²) in [7, 11) is 0. The Labute approximate surface area is 153 Å². The first-order valence-electron chi connectivity index (χ1n) is 8.93. The second kappa shape index (κ2) is 7.70. The van der Waals surface area contributed by atoms with Gasteiger partial charge in [0.15, 0.2) is 0 Å². The molecular formula is C21H25N3O2. The van der Waals surface area contributed by atoms with Crippen molar-refractivity contribution in [3.05, 3.63) is 58.9 Å². The van der Waals surface area contributed by atoms with Gasteiger partial charge in [0.05, 0.1) is 17.8 Å². The Balaban J connectivity index is 2.05. The summed E-state index contributed by atoms with van der Waals surface area (Å²) in [4.78, 5) is 17.2. The molecule has 0 aliphatic carbocycles. The van der Waals surface area contributed by atoms with Crippen molar-refractivity contribution in [1.29, 1.82) is 0 Å². The molecule has 0 atom stereocenters. The number of hydrogen-bond donors (Lipinski definition) is 2. The molecule has 2 N–H and O–H groups in total. The van der Waals surface area contributed by atoms with Gasteiger partial charge in [-0.25, -0.2) is 4.98 Å². The molecule has 2 heterocycles. The van der Waals surface area contributed by atoms with Crippen LogP contribution in [0.5, 0.6) is 0 Å². The van der Waals surface area contributed by atoms with E-state index in [0.29, 0.717) is 13.0 Å². The van der Waals surface area contributed by atoms with Gasteiger partial charge in [-0.3, -0.25) is 4.79 Å². The first-order valence-corrected chi connectivity index (χ1v) is 8.93. The summed E-state index contributed by atoms with van der Waals surface area (Å²) < 4.78 is 2.01. The van der Waals surface area contributed by atoms with Crippen LogP contribution in [0.15, 0.2) is 36.5 Å². The SMILES string of the molecule is Cc1ccc(-c2nc3c(C)cccn3c2CC(=O)NCCCO)cc1C. The summed E-state index contributed by atoms with van der Waals surface area (Å²) in [6, 6.07) is 10.3. The van der Waals surface area contributed by atoms with Crippen LogP contribution >= 0.6 is 0 Å². The molecule has 2 aromatic heterocycles. The number of nitrogens with one attached hydrogen (secondary N) is 1. The lowest BCUT2D eigenvalue weighted by Gasteiger charge is -2.08. The Morgan fingerprint density at radius 3 is 2.69 bits per heavy atom. The molecule has 0 fully saturated rings. The quantitative estimate of drug-likeness (QED) is 0.671. The lowest BCUT2D eigenvalue weighted by Crippen LogP contribution is -2.27. The minimum absolute atomic E-state index is 0.0631. The standard InChI is InChI=1S/C21H25N3O2/c1-14-7-8-17(12-16(14)3)20-18(13-19(26)22-9-5-11-25)24-10-4-6-15(2)21(24)23-20/h4,6-8,10,12,25H,5,9,11,13H2,1-3H3,(H,22,26). The van der Waals surface area contributed by atoms with Crippen molar-refractivity contribution in [2.75, 3.05) is 13.2 Å². The molecule has 0 aliphatic heterocycles. The molecule has 0 radical (unpaired) electrons. The molecule has 5 heteroatoms. The van der Waals surface area contributed by atoms with Gasteiger partial charge in [0.1, 0.15) is 5.65 Å². The Bertz CT molecular complexity index is 944. The Hall–Kier alpha value is -2.66. The fourth-order valence-corrected chi connectivity index (χ4v) is 3.06. The smallest absolute Gasteiger partial charge is 0.226 e. The van der Waals surface area contributed by atoms with Crippen molar-refractivity contribution in [1.82, 2.24) is 14.7 Å². The van der Waals surface area contributed by atoms with E-state index in [1.54, 1.807) is 0 Å². The van der Waals surface area contributed by atoms with Crippen molar-refractivity contribution in [2.24, 2.45) is 0 Å². The second-order valence-corrected chi connectivity index (χ2v) is 6.69. The van der Waals surface area contributed by atoms with Gasteiger partial charge in [0.2, 0.25) is 5.91 Å². The van der Waals surface area contributed by atoms with E-state index in [0.717, 1.165) is 28.2 Å². The van der Waals surface area contributed by atoms with Crippen LogP contribution in [-0.2, 0) is 11.2 Å². The van der Waals surface area contributed by atoms with Crippen LogP contribution in [0.1, 0.15) is 28.8 Å². The Morgan fingerprint density at radius 1 is 1.15 bits per heavy atom. The maximum absolute atomic E-state index is 12.4. The topological polar surface area (TPSA) is 66.6 Å². The van der Waals surface area contributed by atoms with Crippen molar-refractivity contribution in [3.8, 4) is 11.3 Å². The van der Waals surface area contributed by atoms with Crippen LogP contribution in [0.4, 0.5) is 0 Å². The number of pyridine rings is 1. The van der Waals surface area contributed by atoms with E-state index < -0.39 is 0 Å². The predicted molar refractivity (Wildman–Crippen MR) is 103 cm³/mol. The number of carbonyl (C=O) groups is 1. The zero-order valence-corrected chi connectivity index (χ0v) is 15.5. The fraction of sp³-hybridized carbons (Fsp3) is 0.333. The summed E-state index contributed by atoms with van der Waals surface area (Å²) in [6.45, 7) is 6.74. The number of benzene rings is 1. The molecule has 1 amide bonds. The van der Waals surface area contributed by atoms with Gasteiger partial charge in [0.25, 0.3) is 0 Å². The average Bonchev–Trinajstić information content (AvgIpc) is 2.98. The number of aliphatic hydroxyl groups is 1. The van der Waals surface area contributed by atoms with E-state index >= 15 is 0 Å². The number of aromatic nitrogens is 2. The number of aryl methyl sites for hydroxylation is 3. The van der Waals surface area contributed by atoms with E-state index in [1.165, 1.54) is 11.1 Å². The van der Waals surface area contributed by atoms with Crippen LogP contribution in [0, 0.1) is 20.8 Å². The van der Waals surface area contributed by atoms with Crippen LogP contribution in [0.3, 0.4) is 0 Å². The highest BCUT2D eigenvalue weighted by atomic mass is 16.3. The molecule has 0 spiro atoms. The highest BCUT2D eigenvalue weighted by molar-refractivity contribution is 5.82. The molecule has 136 valence electrons. The number of aliphatic hydroxyl groups excluding tert-OH is 1. The molecule has 26 heavy (non-hydrogen) atoms. The minimum atomic E-state index is -0.0631. The molecule has 0 saturated carbocycles. The van der Waals surface area contributed by atoms with Crippen molar-refractivity contribution in [2.45, 2.75) is 33.6 Å². The molecule has 0 saturated heterocycles. The second-order valence-electron chi connectivity index (χ2n) is 6.69. The van der Waals surface area contributed by atoms with E-state index in [-0.39, 0.29) is 18.9 Å². The van der Waals surface area contributed by atoms with Gasteiger partial charge in [-0.1, -0.05) is 18.2 Å².